The van der Waals surface area contributed by atoms with Gasteiger partial charge in [0.1, 0.15) is 6.04 Å². The number of hydrogen-bond acceptors (Lipinski definition) is 2. The van der Waals surface area contributed by atoms with Crippen molar-refractivity contribution >= 4 is 35.0 Å². The fourth-order valence-corrected chi connectivity index (χ4v) is 4.06. The Kier molecular flexibility index (Phi) is 8.76. The summed E-state index contributed by atoms with van der Waals surface area (Å²) in [5.74, 6) is -0.341. The summed E-state index contributed by atoms with van der Waals surface area (Å²) < 4.78 is 0. The predicted molar refractivity (Wildman–Crippen MR) is 139 cm³/mol. The molecule has 178 valence electrons. The Labute approximate surface area is 211 Å². The van der Waals surface area contributed by atoms with Crippen LogP contribution in [0.25, 0.3) is 0 Å². The van der Waals surface area contributed by atoms with Crippen molar-refractivity contribution in [3.8, 4) is 0 Å². The molecule has 0 fully saturated rings. The smallest absolute Gasteiger partial charge is 0.243 e. The second-order valence-corrected chi connectivity index (χ2v) is 10.3. The summed E-state index contributed by atoms with van der Waals surface area (Å²) in [6.07, 6.45) is 0.542. The van der Waals surface area contributed by atoms with E-state index in [4.69, 9.17) is 23.2 Å². The van der Waals surface area contributed by atoms with Crippen molar-refractivity contribution in [3.63, 3.8) is 0 Å². The Morgan fingerprint density at radius 1 is 0.824 bits per heavy atom. The number of nitrogens with one attached hydrogen (secondary N) is 1. The highest BCUT2D eigenvalue weighted by Gasteiger charge is 2.32. The highest BCUT2D eigenvalue weighted by Crippen LogP contribution is 2.20. The third kappa shape index (κ3) is 7.89. The Balaban J connectivity index is 1.98. The highest BCUT2D eigenvalue weighted by molar-refractivity contribution is 6.30. The molecule has 0 aromatic heterocycles. The largest absolute Gasteiger partial charge is 0.350 e. The Morgan fingerprint density at radius 3 is 2.09 bits per heavy atom. The van der Waals surface area contributed by atoms with E-state index in [1.165, 1.54) is 0 Å². The lowest BCUT2D eigenvalue weighted by Crippen LogP contribution is -2.54. The van der Waals surface area contributed by atoms with Gasteiger partial charge in [-0.3, -0.25) is 9.59 Å². The van der Waals surface area contributed by atoms with Crippen LogP contribution in [0, 0.1) is 0 Å². The Hall–Kier alpha value is -2.82. The Morgan fingerprint density at radius 2 is 1.47 bits per heavy atom. The van der Waals surface area contributed by atoms with E-state index >= 15 is 0 Å². The maximum absolute atomic E-state index is 13.7. The zero-order valence-electron chi connectivity index (χ0n) is 19.7. The number of carbonyl (C=O) groups excluding carboxylic acids is 2. The number of nitrogens with zero attached hydrogens (tertiary/aromatic N) is 1. The average Bonchev–Trinajstić information content (AvgIpc) is 2.77. The van der Waals surface area contributed by atoms with Crippen molar-refractivity contribution in [2.75, 3.05) is 0 Å². The quantitative estimate of drug-likeness (QED) is 0.410. The van der Waals surface area contributed by atoms with Crippen LogP contribution in [-0.4, -0.2) is 28.3 Å². The molecule has 0 aliphatic rings. The molecule has 0 aliphatic carbocycles. The van der Waals surface area contributed by atoms with Gasteiger partial charge in [0.05, 0.1) is 6.42 Å². The van der Waals surface area contributed by atoms with Crippen molar-refractivity contribution in [3.05, 3.63) is 106 Å². The first-order valence-electron chi connectivity index (χ1n) is 11.2. The van der Waals surface area contributed by atoms with Crippen LogP contribution in [0.2, 0.25) is 10.0 Å². The van der Waals surface area contributed by atoms with Gasteiger partial charge in [-0.2, -0.15) is 0 Å². The fourth-order valence-electron chi connectivity index (χ4n) is 3.72. The van der Waals surface area contributed by atoms with Gasteiger partial charge in [0, 0.05) is 28.5 Å². The minimum atomic E-state index is -0.691. The Bertz CT molecular complexity index is 1110. The second-order valence-electron chi connectivity index (χ2n) is 9.40. The predicted octanol–water partition coefficient (Wildman–Crippen LogP) is 6.09. The second kappa shape index (κ2) is 11.5. The first-order valence-corrected chi connectivity index (χ1v) is 12.0. The van der Waals surface area contributed by atoms with Crippen LogP contribution in [0.3, 0.4) is 0 Å². The molecule has 3 aromatic rings. The monoisotopic (exact) mass is 496 g/mol. The van der Waals surface area contributed by atoms with Crippen molar-refractivity contribution in [1.82, 2.24) is 10.2 Å². The molecule has 4 nitrogen and oxygen atoms in total. The van der Waals surface area contributed by atoms with E-state index in [-0.39, 0.29) is 24.8 Å². The van der Waals surface area contributed by atoms with E-state index in [1.54, 1.807) is 29.2 Å². The highest BCUT2D eigenvalue weighted by atomic mass is 35.5. The standard InChI is InChI=1S/C28H30Cl2N2O2/c1-28(2,3)31-27(34)25(17-20-8-5-4-6-9-20)32(19-21-12-14-23(29)15-13-21)26(33)18-22-10-7-11-24(30)16-22/h4-16,25H,17-19H2,1-3H3,(H,31,34)/t25-/m0/s1. The molecule has 2 amide bonds. The summed E-state index contributed by atoms with van der Waals surface area (Å²) in [6, 6.07) is 23.6. The van der Waals surface area contributed by atoms with Gasteiger partial charge in [0.25, 0.3) is 0 Å². The van der Waals surface area contributed by atoms with Gasteiger partial charge < -0.3 is 10.2 Å². The molecule has 0 saturated carbocycles. The summed E-state index contributed by atoms with van der Waals surface area (Å²) in [4.78, 5) is 28.9. The number of hydrogen-bond donors (Lipinski definition) is 1. The van der Waals surface area contributed by atoms with E-state index in [0.717, 1.165) is 16.7 Å². The third-order valence-electron chi connectivity index (χ3n) is 5.28. The molecule has 0 unspecified atom stereocenters. The molecule has 1 atom stereocenters. The van der Waals surface area contributed by atoms with Crippen LogP contribution in [0.15, 0.2) is 78.9 Å². The summed E-state index contributed by atoms with van der Waals surface area (Å²) in [5.41, 5.74) is 2.24. The molecule has 1 N–H and O–H groups in total. The summed E-state index contributed by atoms with van der Waals surface area (Å²) in [5, 5.41) is 4.26. The van der Waals surface area contributed by atoms with Crippen LogP contribution in [0.4, 0.5) is 0 Å². The summed E-state index contributed by atoms with van der Waals surface area (Å²) in [6.45, 7) is 6.08. The number of benzene rings is 3. The van der Waals surface area contributed by atoms with Crippen molar-refractivity contribution in [2.24, 2.45) is 0 Å². The van der Waals surface area contributed by atoms with Gasteiger partial charge in [0.2, 0.25) is 11.8 Å². The average molecular weight is 497 g/mol. The van der Waals surface area contributed by atoms with Crippen molar-refractivity contribution < 1.29 is 9.59 Å². The van der Waals surface area contributed by atoms with Crippen LogP contribution in [0.1, 0.15) is 37.5 Å². The zero-order chi connectivity index (χ0) is 24.7. The van der Waals surface area contributed by atoms with Gasteiger partial charge in [-0.05, 0) is 61.7 Å². The number of amides is 2. The van der Waals surface area contributed by atoms with Gasteiger partial charge in [-0.25, -0.2) is 0 Å². The van der Waals surface area contributed by atoms with Gasteiger partial charge in [-0.15, -0.1) is 0 Å². The van der Waals surface area contributed by atoms with Crippen LogP contribution < -0.4 is 5.32 Å². The van der Waals surface area contributed by atoms with E-state index in [1.807, 2.05) is 75.4 Å². The van der Waals surface area contributed by atoms with Crippen LogP contribution in [0.5, 0.6) is 0 Å². The molecule has 0 radical (unpaired) electrons. The molecule has 0 aliphatic heterocycles. The van der Waals surface area contributed by atoms with Crippen molar-refractivity contribution in [1.29, 1.82) is 0 Å². The van der Waals surface area contributed by atoms with E-state index in [2.05, 4.69) is 5.32 Å². The molecule has 3 aromatic carbocycles. The summed E-state index contributed by atoms with van der Waals surface area (Å²) in [7, 11) is 0. The fraction of sp³-hybridized carbons (Fsp3) is 0.286. The maximum atomic E-state index is 13.7. The minimum absolute atomic E-state index is 0.141. The molecule has 0 heterocycles. The van der Waals surface area contributed by atoms with Gasteiger partial charge >= 0.3 is 0 Å². The lowest BCUT2D eigenvalue weighted by atomic mass is 10.00. The lowest BCUT2D eigenvalue weighted by Gasteiger charge is -2.34. The summed E-state index contributed by atoms with van der Waals surface area (Å²) >= 11 is 12.2. The SMILES string of the molecule is CC(C)(C)NC(=O)[C@H](Cc1ccccc1)N(Cc1ccc(Cl)cc1)C(=O)Cc1cccc(Cl)c1. The molecular weight excluding hydrogens is 467 g/mol. The van der Waals surface area contributed by atoms with Crippen LogP contribution >= 0.6 is 23.2 Å². The lowest BCUT2D eigenvalue weighted by molar-refractivity contribution is -0.141. The molecule has 0 saturated heterocycles. The van der Waals surface area contributed by atoms with Gasteiger partial charge in [-0.1, -0.05) is 77.8 Å². The maximum Gasteiger partial charge on any atom is 0.243 e. The number of rotatable bonds is 8. The van der Waals surface area contributed by atoms with E-state index in [9.17, 15) is 9.59 Å². The molecule has 34 heavy (non-hydrogen) atoms. The molecule has 0 bridgehead atoms. The first-order chi connectivity index (χ1) is 16.1. The van der Waals surface area contributed by atoms with E-state index < -0.39 is 11.6 Å². The normalized spacial score (nSPS) is 12.1. The molecule has 6 heteroatoms. The zero-order valence-corrected chi connectivity index (χ0v) is 21.2. The third-order valence-corrected chi connectivity index (χ3v) is 5.77. The molecule has 0 spiro atoms. The van der Waals surface area contributed by atoms with Gasteiger partial charge in [0.15, 0.2) is 0 Å². The van der Waals surface area contributed by atoms with E-state index in [0.29, 0.717) is 16.5 Å². The topological polar surface area (TPSA) is 49.4 Å². The van der Waals surface area contributed by atoms with Crippen molar-refractivity contribution in [2.45, 2.75) is 51.7 Å². The first kappa shape index (κ1) is 25.8. The molecule has 3 rings (SSSR count). The van der Waals surface area contributed by atoms with Crippen LogP contribution in [-0.2, 0) is 29.0 Å². The number of carbonyl (C=O) groups is 2. The molecular formula is C28H30Cl2N2O2. The number of halogens is 2. The minimum Gasteiger partial charge on any atom is -0.350 e.